The minimum absolute atomic E-state index is 0.693. The van der Waals surface area contributed by atoms with E-state index in [1.54, 1.807) is 0 Å². The first-order valence-corrected chi connectivity index (χ1v) is 8.73. The molecule has 0 aromatic heterocycles. The van der Waals surface area contributed by atoms with Gasteiger partial charge in [0.1, 0.15) is 0 Å². The van der Waals surface area contributed by atoms with Crippen molar-refractivity contribution in [3.05, 3.63) is 0 Å². The van der Waals surface area contributed by atoms with E-state index in [2.05, 4.69) is 49.9 Å². The van der Waals surface area contributed by atoms with Crippen molar-refractivity contribution in [3.63, 3.8) is 0 Å². The molecule has 0 aromatic rings. The van der Waals surface area contributed by atoms with Crippen LogP contribution in [0.2, 0.25) is 0 Å². The lowest BCUT2D eigenvalue weighted by Gasteiger charge is -2.33. The number of nitrogens with one attached hydrogen (secondary N) is 1. The van der Waals surface area contributed by atoms with Gasteiger partial charge in [-0.1, -0.05) is 34.1 Å². The van der Waals surface area contributed by atoms with Crippen LogP contribution in [-0.2, 0) is 0 Å². The quantitative estimate of drug-likeness (QED) is 0.665. The van der Waals surface area contributed by atoms with Gasteiger partial charge in [-0.05, 0) is 51.9 Å². The molecule has 1 heterocycles. The van der Waals surface area contributed by atoms with Gasteiger partial charge in [0.25, 0.3) is 0 Å². The molecule has 0 spiro atoms. The molecule has 120 valence electrons. The zero-order chi connectivity index (χ0) is 15.0. The van der Waals surface area contributed by atoms with Crippen LogP contribution in [0.5, 0.6) is 0 Å². The first-order chi connectivity index (χ1) is 9.58. The fourth-order valence-corrected chi connectivity index (χ4v) is 3.35. The normalized spacial score (nSPS) is 22.1. The molecule has 1 fully saturated rings. The van der Waals surface area contributed by atoms with Gasteiger partial charge in [0.15, 0.2) is 0 Å². The van der Waals surface area contributed by atoms with Crippen LogP contribution in [0.15, 0.2) is 0 Å². The third-order valence-electron chi connectivity index (χ3n) is 4.58. The highest BCUT2D eigenvalue weighted by molar-refractivity contribution is 4.83. The second-order valence-electron chi connectivity index (χ2n) is 6.86. The van der Waals surface area contributed by atoms with E-state index < -0.39 is 0 Å². The smallest absolute Gasteiger partial charge is 0.0223 e. The summed E-state index contributed by atoms with van der Waals surface area (Å²) in [5.74, 6) is 0.744. The Labute approximate surface area is 127 Å². The van der Waals surface area contributed by atoms with Crippen LogP contribution in [-0.4, -0.2) is 61.7 Å². The predicted molar refractivity (Wildman–Crippen MR) is 89.3 cm³/mol. The van der Waals surface area contributed by atoms with Gasteiger partial charge in [-0.3, -0.25) is 4.90 Å². The number of likely N-dealkylation sites (N-methyl/N-ethyl adjacent to an activating group) is 2. The molecule has 2 unspecified atom stereocenters. The lowest BCUT2D eigenvalue weighted by atomic mass is 10.1. The molecule has 0 aromatic carbocycles. The standard InChI is InChI=1S/C17H37N3/c1-6-9-16(13-18-12-15(3)4)19(5)14-17-10-8-11-20(17)7-2/h15-18H,6-14H2,1-5H3. The van der Waals surface area contributed by atoms with Crippen LogP contribution in [0.1, 0.15) is 53.4 Å². The summed E-state index contributed by atoms with van der Waals surface area (Å²) in [6.45, 7) is 15.2. The Bertz CT molecular complexity index is 242. The third-order valence-corrected chi connectivity index (χ3v) is 4.58. The first-order valence-electron chi connectivity index (χ1n) is 8.73. The summed E-state index contributed by atoms with van der Waals surface area (Å²) in [7, 11) is 2.32. The molecule has 1 aliphatic rings. The van der Waals surface area contributed by atoms with Crippen molar-refractivity contribution in [2.24, 2.45) is 5.92 Å². The predicted octanol–water partition coefficient (Wildman–Crippen LogP) is 2.82. The molecule has 3 nitrogen and oxygen atoms in total. The Morgan fingerprint density at radius 2 is 2.00 bits per heavy atom. The van der Waals surface area contributed by atoms with Gasteiger partial charge in [0.2, 0.25) is 0 Å². The van der Waals surface area contributed by atoms with E-state index in [0.29, 0.717) is 6.04 Å². The summed E-state index contributed by atoms with van der Waals surface area (Å²) in [5.41, 5.74) is 0. The minimum atomic E-state index is 0.693. The van der Waals surface area contributed by atoms with Crippen molar-refractivity contribution >= 4 is 0 Å². The molecule has 20 heavy (non-hydrogen) atoms. The van der Waals surface area contributed by atoms with Crippen molar-refractivity contribution < 1.29 is 0 Å². The maximum Gasteiger partial charge on any atom is 0.0223 e. The molecule has 0 radical (unpaired) electrons. The van der Waals surface area contributed by atoms with Crippen LogP contribution in [0, 0.1) is 5.92 Å². The highest BCUT2D eigenvalue weighted by Gasteiger charge is 2.26. The summed E-state index contributed by atoms with van der Waals surface area (Å²) in [4.78, 5) is 5.26. The lowest BCUT2D eigenvalue weighted by Crippen LogP contribution is -2.46. The molecular weight excluding hydrogens is 246 g/mol. The molecule has 0 aliphatic carbocycles. The van der Waals surface area contributed by atoms with Crippen molar-refractivity contribution in [3.8, 4) is 0 Å². The Morgan fingerprint density at radius 1 is 1.25 bits per heavy atom. The highest BCUT2D eigenvalue weighted by Crippen LogP contribution is 2.18. The molecule has 1 saturated heterocycles. The second kappa shape index (κ2) is 9.75. The Kier molecular flexibility index (Phi) is 8.74. The molecule has 2 atom stereocenters. The summed E-state index contributed by atoms with van der Waals surface area (Å²) < 4.78 is 0. The molecule has 3 heteroatoms. The summed E-state index contributed by atoms with van der Waals surface area (Å²) in [6, 6.07) is 1.48. The van der Waals surface area contributed by atoms with Gasteiger partial charge < -0.3 is 10.2 Å². The van der Waals surface area contributed by atoms with Crippen molar-refractivity contribution in [1.82, 2.24) is 15.1 Å². The monoisotopic (exact) mass is 283 g/mol. The second-order valence-corrected chi connectivity index (χ2v) is 6.86. The van der Waals surface area contributed by atoms with Gasteiger partial charge in [-0.2, -0.15) is 0 Å². The number of hydrogen-bond acceptors (Lipinski definition) is 3. The average Bonchev–Trinajstić information content (AvgIpc) is 2.84. The number of likely N-dealkylation sites (tertiary alicyclic amines) is 1. The van der Waals surface area contributed by atoms with E-state index in [1.165, 1.54) is 45.3 Å². The van der Waals surface area contributed by atoms with Crippen LogP contribution < -0.4 is 5.32 Å². The van der Waals surface area contributed by atoms with Crippen molar-refractivity contribution in [1.29, 1.82) is 0 Å². The van der Waals surface area contributed by atoms with Gasteiger partial charge >= 0.3 is 0 Å². The van der Waals surface area contributed by atoms with Crippen LogP contribution in [0.4, 0.5) is 0 Å². The van der Waals surface area contributed by atoms with E-state index in [-0.39, 0.29) is 0 Å². The van der Waals surface area contributed by atoms with E-state index in [1.807, 2.05) is 0 Å². The van der Waals surface area contributed by atoms with E-state index >= 15 is 0 Å². The van der Waals surface area contributed by atoms with Crippen molar-refractivity contribution in [2.45, 2.75) is 65.5 Å². The molecule has 0 amide bonds. The number of nitrogens with zero attached hydrogens (tertiary/aromatic N) is 2. The Balaban J connectivity index is 2.39. The number of hydrogen-bond donors (Lipinski definition) is 1. The fourth-order valence-electron chi connectivity index (χ4n) is 3.35. The zero-order valence-electron chi connectivity index (χ0n) is 14.5. The Morgan fingerprint density at radius 3 is 2.60 bits per heavy atom. The largest absolute Gasteiger partial charge is 0.315 e. The van der Waals surface area contributed by atoms with E-state index in [0.717, 1.165) is 25.0 Å². The molecule has 0 bridgehead atoms. The SMILES string of the molecule is CCCC(CNCC(C)C)N(C)CC1CCCN1CC. The maximum absolute atomic E-state index is 3.65. The number of rotatable bonds is 10. The average molecular weight is 284 g/mol. The molecule has 0 saturated carbocycles. The van der Waals surface area contributed by atoms with Crippen molar-refractivity contribution in [2.75, 3.05) is 39.8 Å². The van der Waals surface area contributed by atoms with Gasteiger partial charge in [-0.15, -0.1) is 0 Å². The summed E-state index contributed by atoms with van der Waals surface area (Å²) in [6.07, 6.45) is 5.35. The fraction of sp³-hybridized carbons (Fsp3) is 1.00. The summed E-state index contributed by atoms with van der Waals surface area (Å²) >= 11 is 0. The van der Waals surface area contributed by atoms with Crippen LogP contribution >= 0.6 is 0 Å². The maximum atomic E-state index is 3.65. The minimum Gasteiger partial charge on any atom is -0.315 e. The Hall–Kier alpha value is -0.120. The first kappa shape index (κ1) is 17.9. The third kappa shape index (κ3) is 6.11. The topological polar surface area (TPSA) is 18.5 Å². The van der Waals surface area contributed by atoms with E-state index in [4.69, 9.17) is 0 Å². The summed E-state index contributed by atoms with van der Waals surface area (Å²) in [5, 5.41) is 3.65. The molecule has 1 rings (SSSR count). The highest BCUT2D eigenvalue weighted by atomic mass is 15.2. The molecule has 1 aliphatic heterocycles. The van der Waals surface area contributed by atoms with Gasteiger partial charge in [0, 0.05) is 25.2 Å². The lowest BCUT2D eigenvalue weighted by molar-refractivity contribution is 0.154. The van der Waals surface area contributed by atoms with Gasteiger partial charge in [-0.25, -0.2) is 0 Å². The van der Waals surface area contributed by atoms with E-state index in [9.17, 15) is 0 Å². The molecule has 1 N–H and O–H groups in total. The van der Waals surface area contributed by atoms with Crippen LogP contribution in [0.25, 0.3) is 0 Å². The van der Waals surface area contributed by atoms with Gasteiger partial charge in [0.05, 0.1) is 0 Å². The van der Waals surface area contributed by atoms with Crippen LogP contribution in [0.3, 0.4) is 0 Å². The zero-order valence-corrected chi connectivity index (χ0v) is 14.5. The molecular formula is C17H37N3.